The summed E-state index contributed by atoms with van der Waals surface area (Å²) in [5.74, 6) is -0.292. The average molecular weight is 311 g/mol. The van der Waals surface area contributed by atoms with E-state index in [1.54, 1.807) is 0 Å². The van der Waals surface area contributed by atoms with Crippen LogP contribution in [0.15, 0.2) is 34.8 Å². The second kappa shape index (κ2) is 5.30. The van der Waals surface area contributed by atoms with E-state index in [0.29, 0.717) is 4.47 Å². The maximum absolute atomic E-state index is 12.0. The van der Waals surface area contributed by atoms with Gasteiger partial charge in [-0.1, -0.05) is 12.2 Å². The van der Waals surface area contributed by atoms with Crippen LogP contribution in [0.1, 0.15) is 23.2 Å². The van der Waals surface area contributed by atoms with Gasteiger partial charge in [-0.05, 0) is 34.8 Å². The van der Waals surface area contributed by atoms with Crippen molar-refractivity contribution in [1.82, 2.24) is 5.32 Å². The van der Waals surface area contributed by atoms with Crippen molar-refractivity contribution in [2.24, 2.45) is 0 Å². The Balaban J connectivity index is 2.18. The highest BCUT2D eigenvalue weighted by atomic mass is 79.9. The lowest BCUT2D eigenvalue weighted by atomic mass is 10.1. The van der Waals surface area contributed by atoms with Crippen LogP contribution in [-0.4, -0.2) is 16.9 Å². The Bertz CT molecular complexity index is 520. The lowest BCUT2D eigenvalue weighted by Gasteiger charge is -2.12. The Morgan fingerprint density at radius 1 is 1.39 bits per heavy atom. The quantitative estimate of drug-likeness (QED) is 0.530. The molecule has 0 atom stereocenters. The van der Waals surface area contributed by atoms with Gasteiger partial charge in [0.25, 0.3) is 11.6 Å². The van der Waals surface area contributed by atoms with Gasteiger partial charge in [-0.25, -0.2) is 0 Å². The molecule has 2 rings (SSSR count). The number of hydrogen-bond donors (Lipinski definition) is 1. The molecule has 0 unspecified atom stereocenters. The number of nitrogens with zero attached hydrogens (tertiary/aromatic N) is 1. The van der Waals surface area contributed by atoms with Crippen LogP contribution in [-0.2, 0) is 0 Å². The number of rotatable bonds is 3. The number of hydrogen-bond acceptors (Lipinski definition) is 3. The van der Waals surface area contributed by atoms with Crippen molar-refractivity contribution in [3.63, 3.8) is 0 Å². The molecule has 5 nitrogen and oxygen atoms in total. The molecule has 0 aromatic heterocycles. The van der Waals surface area contributed by atoms with E-state index in [9.17, 15) is 14.9 Å². The van der Waals surface area contributed by atoms with Gasteiger partial charge in [0.1, 0.15) is 0 Å². The molecule has 6 heteroatoms. The molecular formula is C12H11BrN2O3. The largest absolute Gasteiger partial charge is 0.349 e. The zero-order valence-corrected chi connectivity index (χ0v) is 11.0. The molecule has 0 fully saturated rings. The van der Waals surface area contributed by atoms with E-state index in [1.165, 1.54) is 18.2 Å². The third kappa shape index (κ3) is 2.76. The van der Waals surface area contributed by atoms with E-state index >= 15 is 0 Å². The zero-order valence-electron chi connectivity index (χ0n) is 9.43. The van der Waals surface area contributed by atoms with Crippen LogP contribution in [0.5, 0.6) is 0 Å². The van der Waals surface area contributed by atoms with Crippen LogP contribution in [0.25, 0.3) is 0 Å². The predicted octanol–water partition coefficient (Wildman–Crippen LogP) is 2.81. The van der Waals surface area contributed by atoms with Crippen LogP contribution in [0.2, 0.25) is 0 Å². The molecule has 0 radical (unpaired) electrons. The molecule has 1 aromatic carbocycles. The standard InChI is InChI=1S/C12H11BrN2O3/c13-11-6-5-9(15(17)18)7-10(11)12(16)14-8-3-1-2-4-8/h1-2,5-8H,3-4H2,(H,14,16). The van der Waals surface area contributed by atoms with Crippen LogP contribution in [0.3, 0.4) is 0 Å². The van der Waals surface area contributed by atoms with Crippen molar-refractivity contribution in [2.75, 3.05) is 0 Å². The van der Waals surface area contributed by atoms with Crippen LogP contribution < -0.4 is 5.32 Å². The van der Waals surface area contributed by atoms with Gasteiger partial charge in [0.15, 0.2) is 0 Å². The molecule has 0 aliphatic heterocycles. The molecule has 0 saturated heterocycles. The first kappa shape index (κ1) is 12.8. The highest BCUT2D eigenvalue weighted by Crippen LogP contribution is 2.23. The number of nitro benzene ring substituents is 1. The number of halogens is 1. The summed E-state index contributed by atoms with van der Waals surface area (Å²) >= 11 is 3.23. The zero-order chi connectivity index (χ0) is 13.1. The smallest absolute Gasteiger partial charge is 0.270 e. The maximum atomic E-state index is 12.0. The van der Waals surface area contributed by atoms with Crippen LogP contribution in [0, 0.1) is 10.1 Å². The van der Waals surface area contributed by atoms with E-state index < -0.39 is 4.92 Å². The van der Waals surface area contributed by atoms with E-state index in [1.807, 2.05) is 12.2 Å². The second-order valence-electron chi connectivity index (χ2n) is 4.03. The van der Waals surface area contributed by atoms with E-state index in [-0.39, 0.29) is 23.2 Å². The van der Waals surface area contributed by atoms with E-state index in [4.69, 9.17) is 0 Å². The molecule has 0 heterocycles. The monoisotopic (exact) mass is 310 g/mol. The lowest BCUT2D eigenvalue weighted by Crippen LogP contribution is -2.33. The Morgan fingerprint density at radius 3 is 2.67 bits per heavy atom. The lowest BCUT2D eigenvalue weighted by molar-refractivity contribution is -0.384. The molecule has 1 aliphatic carbocycles. The molecule has 1 amide bonds. The summed E-state index contributed by atoms with van der Waals surface area (Å²) in [4.78, 5) is 22.2. The molecule has 94 valence electrons. The number of benzene rings is 1. The average Bonchev–Trinajstić information content (AvgIpc) is 2.81. The fourth-order valence-electron chi connectivity index (χ4n) is 1.80. The number of nitrogens with one attached hydrogen (secondary N) is 1. The normalized spacial score (nSPS) is 14.7. The first-order chi connectivity index (χ1) is 8.58. The second-order valence-corrected chi connectivity index (χ2v) is 4.89. The molecule has 0 bridgehead atoms. The van der Waals surface area contributed by atoms with Crippen molar-refractivity contribution in [2.45, 2.75) is 18.9 Å². The minimum atomic E-state index is -0.514. The van der Waals surface area contributed by atoms with Crippen molar-refractivity contribution in [1.29, 1.82) is 0 Å². The van der Waals surface area contributed by atoms with Crippen LogP contribution >= 0.6 is 15.9 Å². The summed E-state index contributed by atoms with van der Waals surface area (Å²) in [5, 5.41) is 13.5. The Hall–Kier alpha value is -1.69. The summed E-state index contributed by atoms with van der Waals surface area (Å²) in [5.41, 5.74) is 0.198. The summed E-state index contributed by atoms with van der Waals surface area (Å²) in [6, 6.07) is 4.24. The van der Waals surface area contributed by atoms with Gasteiger partial charge in [-0.15, -0.1) is 0 Å². The fraction of sp³-hybridized carbons (Fsp3) is 0.250. The number of carbonyl (C=O) groups is 1. The van der Waals surface area contributed by atoms with Gasteiger partial charge in [0, 0.05) is 22.6 Å². The van der Waals surface area contributed by atoms with Gasteiger partial charge in [0.2, 0.25) is 0 Å². The molecule has 0 saturated carbocycles. The van der Waals surface area contributed by atoms with E-state index in [0.717, 1.165) is 12.8 Å². The first-order valence-electron chi connectivity index (χ1n) is 5.47. The van der Waals surface area contributed by atoms with Crippen molar-refractivity contribution < 1.29 is 9.72 Å². The topological polar surface area (TPSA) is 72.2 Å². The summed E-state index contributed by atoms with van der Waals surface area (Å²) in [7, 11) is 0. The van der Waals surface area contributed by atoms with Gasteiger partial charge in [-0.3, -0.25) is 14.9 Å². The maximum Gasteiger partial charge on any atom is 0.270 e. The third-order valence-corrected chi connectivity index (χ3v) is 3.44. The molecule has 18 heavy (non-hydrogen) atoms. The fourth-order valence-corrected chi connectivity index (χ4v) is 2.23. The Morgan fingerprint density at radius 2 is 2.06 bits per heavy atom. The van der Waals surface area contributed by atoms with Gasteiger partial charge >= 0.3 is 0 Å². The van der Waals surface area contributed by atoms with Gasteiger partial charge in [-0.2, -0.15) is 0 Å². The number of amides is 1. The van der Waals surface area contributed by atoms with E-state index in [2.05, 4.69) is 21.2 Å². The van der Waals surface area contributed by atoms with Crippen molar-refractivity contribution >= 4 is 27.5 Å². The Kier molecular flexibility index (Phi) is 3.76. The molecular weight excluding hydrogens is 300 g/mol. The van der Waals surface area contributed by atoms with Gasteiger partial charge in [0.05, 0.1) is 10.5 Å². The summed E-state index contributed by atoms with van der Waals surface area (Å²) < 4.78 is 0.552. The minimum Gasteiger partial charge on any atom is -0.349 e. The highest BCUT2D eigenvalue weighted by molar-refractivity contribution is 9.10. The third-order valence-electron chi connectivity index (χ3n) is 2.75. The van der Waals surface area contributed by atoms with Crippen molar-refractivity contribution in [3.8, 4) is 0 Å². The SMILES string of the molecule is O=C(NC1CC=CC1)c1cc([N+](=O)[O-])ccc1Br. The molecule has 0 spiro atoms. The summed E-state index contributed by atoms with van der Waals surface area (Å²) in [6.45, 7) is 0. The highest BCUT2D eigenvalue weighted by Gasteiger charge is 2.19. The predicted molar refractivity (Wildman–Crippen MR) is 70.4 cm³/mol. The number of carbonyl (C=O) groups excluding carboxylic acids is 1. The minimum absolute atomic E-state index is 0.0867. The molecule has 1 N–H and O–H groups in total. The van der Waals surface area contributed by atoms with Crippen molar-refractivity contribution in [3.05, 3.63) is 50.5 Å². The van der Waals surface area contributed by atoms with Gasteiger partial charge < -0.3 is 5.32 Å². The number of nitro groups is 1. The van der Waals surface area contributed by atoms with Crippen LogP contribution in [0.4, 0.5) is 5.69 Å². The first-order valence-corrected chi connectivity index (χ1v) is 6.27. The molecule has 1 aliphatic rings. The number of non-ortho nitro benzene ring substituents is 1. The molecule has 1 aromatic rings. The summed E-state index contributed by atoms with van der Waals surface area (Å²) in [6.07, 6.45) is 5.62. The Labute approximate surface area is 112 Å².